The molecule has 4 heteroatoms. The second-order valence-electron chi connectivity index (χ2n) is 3.71. The number of hydrogen-bond acceptors (Lipinski definition) is 3. The van der Waals surface area contributed by atoms with E-state index in [-0.39, 0.29) is 6.42 Å². The van der Waals surface area contributed by atoms with Gasteiger partial charge in [0.1, 0.15) is 0 Å². The molecule has 0 unspecified atom stereocenters. The number of carboxylic acids is 1. The maximum atomic E-state index is 10.5. The maximum Gasteiger partial charge on any atom is 0.303 e. The monoisotopic (exact) mass is 219 g/mol. The van der Waals surface area contributed by atoms with Crippen LogP contribution >= 0.6 is 0 Å². The summed E-state index contributed by atoms with van der Waals surface area (Å²) in [6, 6.07) is 5.74. The molecule has 4 nitrogen and oxygen atoms in total. The summed E-state index contributed by atoms with van der Waals surface area (Å²) in [6.45, 7) is 2.02. The smallest absolute Gasteiger partial charge is 0.303 e. The van der Waals surface area contributed by atoms with E-state index in [0.717, 1.165) is 28.6 Å². The summed E-state index contributed by atoms with van der Waals surface area (Å²) in [5.74, 6) is -0.785. The molecule has 0 aliphatic heterocycles. The Kier molecular flexibility index (Phi) is 2.90. The first-order valence-electron chi connectivity index (χ1n) is 5.29. The molecule has 0 bridgehead atoms. The van der Waals surface area contributed by atoms with Crippen molar-refractivity contribution in [1.82, 2.24) is 5.16 Å². The molecule has 0 radical (unpaired) electrons. The summed E-state index contributed by atoms with van der Waals surface area (Å²) >= 11 is 0. The van der Waals surface area contributed by atoms with Gasteiger partial charge in [0.2, 0.25) is 0 Å². The van der Waals surface area contributed by atoms with Gasteiger partial charge >= 0.3 is 5.97 Å². The summed E-state index contributed by atoms with van der Waals surface area (Å²) in [5, 5.41) is 13.6. The second kappa shape index (κ2) is 4.35. The van der Waals surface area contributed by atoms with E-state index in [1.54, 1.807) is 0 Å². The van der Waals surface area contributed by atoms with E-state index in [1.807, 2.05) is 25.1 Å². The molecule has 0 saturated carbocycles. The molecule has 0 fully saturated rings. The average molecular weight is 219 g/mol. The van der Waals surface area contributed by atoms with Crippen molar-refractivity contribution in [2.75, 3.05) is 0 Å². The van der Waals surface area contributed by atoms with E-state index < -0.39 is 5.97 Å². The first-order valence-corrected chi connectivity index (χ1v) is 5.29. The van der Waals surface area contributed by atoms with Crippen molar-refractivity contribution in [3.8, 4) is 0 Å². The molecule has 16 heavy (non-hydrogen) atoms. The number of nitrogens with zero attached hydrogens (tertiary/aromatic N) is 1. The number of benzene rings is 1. The third-order valence-corrected chi connectivity index (χ3v) is 2.57. The van der Waals surface area contributed by atoms with Gasteiger partial charge in [0.05, 0.1) is 5.69 Å². The molecule has 0 aliphatic carbocycles. The number of fused-ring (bicyclic) bond motifs is 1. The van der Waals surface area contributed by atoms with Crippen LogP contribution in [0.15, 0.2) is 22.7 Å². The predicted molar refractivity (Wildman–Crippen MR) is 59.3 cm³/mol. The Morgan fingerprint density at radius 2 is 2.31 bits per heavy atom. The van der Waals surface area contributed by atoms with Crippen LogP contribution in [0.4, 0.5) is 0 Å². The molecular weight excluding hydrogens is 206 g/mol. The average Bonchev–Trinajstić information content (AvgIpc) is 2.68. The normalized spacial score (nSPS) is 10.8. The van der Waals surface area contributed by atoms with Crippen LogP contribution in [0.5, 0.6) is 0 Å². The number of aromatic nitrogens is 1. The summed E-state index contributed by atoms with van der Waals surface area (Å²) in [5.41, 5.74) is 2.65. The third kappa shape index (κ3) is 2.05. The summed E-state index contributed by atoms with van der Waals surface area (Å²) in [4.78, 5) is 10.5. The van der Waals surface area contributed by atoms with Crippen LogP contribution in [-0.2, 0) is 17.6 Å². The molecule has 84 valence electrons. The fourth-order valence-corrected chi connectivity index (χ4v) is 1.70. The maximum absolute atomic E-state index is 10.5. The first kappa shape index (κ1) is 10.7. The Bertz CT molecular complexity index is 516. The van der Waals surface area contributed by atoms with Crippen LogP contribution in [0.25, 0.3) is 11.0 Å². The minimum Gasteiger partial charge on any atom is -0.481 e. The van der Waals surface area contributed by atoms with E-state index >= 15 is 0 Å². The first-order chi connectivity index (χ1) is 7.70. The lowest BCUT2D eigenvalue weighted by Crippen LogP contribution is -1.97. The van der Waals surface area contributed by atoms with Crippen molar-refractivity contribution in [3.63, 3.8) is 0 Å². The van der Waals surface area contributed by atoms with Crippen LogP contribution in [-0.4, -0.2) is 16.2 Å². The van der Waals surface area contributed by atoms with Crippen LogP contribution in [0.3, 0.4) is 0 Å². The highest BCUT2D eigenvalue weighted by Gasteiger charge is 2.07. The van der Waals surface area contributed by atoms with Gasteiger partial charge in [-0.15, -0.1) is 0 Å². The molecule has 0 saturated heterocycles. The Morgan fingerprint density at radius 1 is 1.50 bits per heavy atom. The fourth-order valence-electron chi connectivity index (χ4n) is 1.70. The van der Waals surface area contributed by atoms with Gasteiger partial charge in [0.25, 0.3) is 0 Å². The van der Waals surface area contributed by atoms with Gasteiger partial charge in [-0.1, -0.05) is 18.1 Å². The molecular formula is C12H13NO3. The summed E-state index contributed by atoms with van der Waals surface area (Å²) < 4.78 is 5.19. The Hall–Kier alpha value is -1.84. The van der Waals surface area contributed by atoms with Gasteiger partial charge in [-0.2, -0.15) is 0 Å². The number of carboxylic acid groups (broad SMARTS) is 1. The standard InChI is InChI=1S/C12H13NO3/c1-2-10-9-5-3-8(4-6-12(14)15)7-11(9)16-13-10/h3,5,7H,2,4,6H2,1H3,(H,14,15). The second-order valence-corrected chi connectivity index (χ2v) is 3.71. The largest absolute Gasteiger partial charge is 0.481 e. The predicted octanol–water partition coefficient (Wildman–Crippen LogP) is 2.41. The van der Waals surface area contributed by atoms with Crippen molar-refractivity contribution < 1.29 is 14.4 Å². The molecule has 1 heterocycles. The molecule has 1 aromatic carbocycles. The fraction of sp³-hybridized carbons (Fsp3) is 0.333. The summed E-state index contributed by atoms with van der Waals surface area (Å²) in [7, 11) is 0. The van der Waals surface area contributed by atoms with Gasteiger partial charge < -0.3 is 9.63 Å². The lowest BCUT2D eigenvalue weighted by atomic mass is 10.1. The highest BCUT2D eigenvalue weighted by molar-refractivity contribution is 5.80. The highest BCUT2D eigenvalue weighted by atomic mass is 16.5. The van der Waals surface area contributed by atoms with E-state index in [9.17, 15) is 4.79 Å². The Balaban J connectivity index is 2.27. The van der Waals surface area contributed by atoms with Gasteiger partial charge in [-0.05, 0) is 30.5 Å². The van der Waals surface area contributed by atoms with Crippen molar-refractivity contribution in [2.45, 2.75) is 26.2 Å². The van der Waals surface area contributed by atoms with E-state index in [2.05, 4.69) is 5.16 Å². The Labute approximate surface area is 92.9 Å². The van der Waals surface area contributed by atoms with E-state index in [4.69, 9.17) is 9.63 Å². The van der Waals surface area contributed by atoms with Gasteiger partial charge in [-0.25, -0.2) is 0 Å². The number of aryl methyl sites for hydroxylation is 2. The molecule has 1 N–H and O–H groups in total. The Morgan fingerprint density at radius 3 is 3.00 bits per heavy atom. The minimum atomic E-state index is -0.785. The van der Waals surface area contributed by atoms with Crippen molar-refractivity contribution >= 4 is 16.9 Å². The lowest BCUT2D eigenvalue weighted by molar-refractivity contribution is -0.136. The van der Waals surface area contributed by atoms with Gasteiger partial charge in [0.15, 0.2) is 5.58 Å². The quantitative estimate of drug-likeness (QED) is 0.857. The number of rotatable bonds is 4. The van der Waals surface area contributed by atoms with Gasteiger partial charge in [0, 0.05) is 11.8 Å². The molecule has 2 aromatic rings. The van der Waals surface area contributed by atoms with Crippen LogP contribution in [0, 0.1) is 0 Å². The zero-order chi connectivity index (χ0) is 11.5. The molecule has 0 spiro atoms. The number of carbonyl (C=O) groups is 1. The van der Waals surface area contributed by atoms with Crippen molar-refractivity contribution in [3.05, 3.63) is 29.5 Å². The van der Waals surface area contributed by atoms with Crippen LogP contribution in [0.2, 0.25) is 0 Å². The summed E-state index contributed by atoms with van der Waals surface area (Å²) in [6.07, 6.45) is 1.50. The molecule has 1 aromatic heterocycles. The van der Waals surface area contributed by atoms with Crippen molar-refractivity contribution in [2.24, 2.45) is 0 Å². The zero-order valence-corrected chi connectivity index (χ0v) is 9.06. The minimum absolute atomic E-state index is 0.139. The third-order valence-electron chi connectivity index (χ3n) is 2.57. The van der Waals surface area contributed by atoms with E-state index in [1.165, 1.54) is 0 Å². The molecule has 0 aliphatic rings. The zero-order valence-electron chi connectivity index (χ0n) is 9.06. The number of aliphatic carboxylic acids is 1. The number of hydrogen-bond donors (Lipinski definition) is 1. The molecule has 0 atom stereocenters. The SMILES string of the molecule is CCc1noc2cc(CCC(=O)O)ccc12. The molecule has 0 amide bonds. The highest BCUT2D eigenvalue weighted by Crippen LogP contribution is 2.20. The van der Waals surface area contributed by atoms with Crippen molar-refractivity contribution in [1.29, 1.82) is 0 Å². The molecule has 2 rings (SSSR count). The van der Waals surface area contributed by atoms with Gasteiger partial charge in [-0.3, -0.25) is 4.79 Å². The topological polar surface area (TPSA) is 63.3 Å². The lowest BCUT2D eigenvalue weighted by Gasteiger charge is -1.97. The van der Waals surface area contributed by atoms with Crippen LogP contribution in [0.1, 0.15) is 24.6 Å². The van der Waals surface area contributed by atoms with Crippen LogP contribution < -0.4 is 0 Å². The van der Waals surface area contributed by atoms with E-state index in [0.29, 0.717) is 6.42 Å².